The van der Waals surface area contributed by atoms with Crippen molar-refractivity contribution in [2.75, 3.05) is 0 Å². The monoisotopic (exact) mass is 264 g/mol. The van der Waals surface area contributed by atoms with Crippen LogP contribution in [0.2, 0.25) is 0 Å². The van der Waals surface area contributed by atoms with E-state index < -0.39 is 0 Å². The van der Waals surface area contributed by atoms with E-state index in [1.165, 1.54) is 0 Å². The van der Waals surface area contributed by atoms with E-state index in [0.29, 0.717) is 5.56 Å². The van der Waals surface area contributed by atoms with Gasteiger partial charge in [0.05, 0.1) is 0 Å². The number of benzene rings is 1. The molecule has 1 aromatic heterocycles. The third kappa shape index (κ3) is 2.55. The number of aryl methyl sites for hydroxylation is 1. The molecule has 0 atom stereocenters. The highest BCUT2D eigenvalue weighted by atomic mass is 16.1. The van der Waals surface area contributed by atoms with Gasteiger partial charge in [-0.1, -0.05) is 30.3 Å². The lowest BCUT2D eigenvalue weighted by Crippen LogP contribution is -2.01. The fourth-order valence-corrected chi connectivity index (χ4v) is 2.08. The average molecular weight is 264 g/mol. The second-order valence-electron chi connectivity index (χ2n) is 4.75. The van der Waals surface area contributed by atoms with Gasteiger partial charge in [-0.25, -0.2) is 0 Å². The van der Waals surface area contributed by atoms with Gasteiger partial charge in [-0.2, -0.15) is 5.26 Å². The Hall–Kier alpha value is -2.60. The standard InChI is InChI=1S/C17H16N2O/c1-12-9-15(13(2)19(12)3)10-16(11-18)17(20)14-7-5-4-6-8-14/h4-10H,1-3H3. The van der Waals surface area contributed by atoms with Gasteiger partial charge < -0.3 is 4.57 Å². The zero-order valence-corrected chi connectivity index (χ0v) is 11.8. The highest BCUT2D eigenvalue weighted by Crippen LogP contribution is 2.18. The van der Waals surface area contributed by atoms with Gasteiger partial charge in [0, 0.05) is 24.0 Å². The van der Waals surface area contributed by atoms with E-state index in [2.05, 4.69) is 0 Å². The van der Waals surface area contributed by atoms with Crippen LogP contribution < -0.4 is 0 Å². The molecule has 3 heteroatoms. The SMILES string of the molecule is Cc1cc(C=C(C#N)C(=O)c2ccccc2)c(C)n1C. The minimum Gasteiger partial charge on any atom is -0.352 e. The van der Waals surface area contributed by atoms with Crippen LogP contribution in [0.25, 0.3) is 6.08 Å². The number of Topliss-reactive ketones (excluding diaryl/α,β-unsaturated/α-hetero) is 1. The Morgan fingerprint density at radius 2 is 1.90 bits per heavy atom. The van der Waals surface area contributed by atoms with Gasteiger partial charge >= 0.3 is 0 Å². The molecule has 0 bridgehead atoms. The molecule has 0 amide bonds. The van der Waals surface area contributed by atoms with Crippen LogP contribution in [0.3, 0.4) is 0 Å². The van der Waals surface area contributed by atoms with Crippen molar-refractivity contribution in [2.45, 2.75) is 13.8 Å². The maximum Gasteiger partial charge on any atom is 0.203 e. The third-order valence-corrected chi connectivity index (χ3v) is 3.52. The summed E-state index contributed by atoms with van der Waals surface area (Å²) in [6.45, 7) is 3.97. The van der Waals surface area contributed by atoms with Gasteiger partial charge in [0.2, 0.25) is 5.78 Å². The summed E-state index contributed by atoms with van der Waals surface area (Å²) in [6.07, 6.45) is 1.66. The maximum absolute atomic E-state index is 12.3. The molecule has 0 saturated carbocycles. The molecule has 1 heterocycles. The lowest BCUT2D eigenvalue weighted by molar-refractivity contribution is 0.104. The van der Waals surface area contributed by atoms with E-state index in [1.54, 1.807) is 30.3 Å². The predicted octanol–water partition coefficient (Wildman–Crippen LogP) is 3.43. The average Bonchev–Trinajstić information content (AvgIpc) is 2.72. The molecule has 2 rings (SSSR count). The molecule has 0 N–H and O–H groups in total. The van der Waals surface area contributed by atoms with Crippen molar-refractivity contribution in [3.63, 3.8) is 0 Å². The number of carbonyl (C=O) groups is 1. The second kappa shape index (κ2) is 5.58. The van der Waals surface area contributed by atoms with Gasteiger partial charge in [-0.05, 0) is 31.6 Å². The molecule has 0 aliphatic carbocycles. The van der Waals surface area contributed by atoms with Crippen LogP contribution in [-0.2, 0) is 7.05 Å². The summed E-state index contributed by atoms with van der Waals surface area (Å²) < 4.78 is 2.04. The van der Waals surface area contributed by atoms with Crippen molar-refractivity contribution in [3.8, 4) is 6.07 Å². The number of allylic oxidation sites excluding steroid dienone is 1. The molecule has 100 valence electrons. The van der Waals surface area contributed by atoms with E-state index in [-0.39, 0.29) is 11.4 Å². The topological polar surface area (TPSA) is 45.8 Å². The number of ketones is 1. The number of carbonyl (C=O) groups excluding carboxylic acids is 1. The zero-order valence-electron chi connectivity index (χ0n) is 11.8. The first-order valence-corrected chi connectivity index (χ1v) is 6.39. The third-order valence-electron chi connectivity index (χ3n) is 3.52. The molecule has 0 unspecified atom stereocenters. The Balaban J connectivity index is 2.43. The summed E-state index contributed by atoms with van der Waals surface area (Å²) in [5.41, 5.74) is 3.73. The highest BCUT2D eigenvalue weighted by molar-refractivity contribution is 6.14. The van der Waals surface area contributed by atoms with Crippen LogP contribution in [0.4, 0.5) is 0 Å². The van der Waals surface area contributed by atoms with Gasteiger partial charge in [0.25, 0.3) is 0 Å². The molecule has 0 spiro atoms. The van der Waals surface area contributed by atoms with Crippen LogP contribution in [-0.4, -0.2) is 10.4 Å². The molecule has 1 aromatic carbocycles. The number of hydrogen-bond acceptors (Lipinski definition) is 2. The van der Waals surface area contributed by atoms with Crippen molar-refractivity contribution in [1.82, 2.24) is 4.57 Å². The van der Waals surface area contributed by atoms with Crippen molar-refractivity contribution in [2.24, 2.45) is 7.05 Å². The quantitative estimate of drug-likeness (QED) is 0.484. The summed E-state index contributed by atoms with van der Waals surface area (Å²) in [6, 6.07) is 12.9. The van der Waals surface area contributed by atoms with E-state index in [9.17, 15) is 10.1 Å². The molecule has 20 heavy (non-hydrogen) atoms. The fourth-order valence-electron chi connectivity index (χ4n) is 2.08. The van der Waals surface area contributed by atoms with Gasteiger partial charge in [-0.15, -0.1) is 0 Å². The normalized spacial score (nSPS) is 11.2. The number of rotatable bonds is 3. The molecular weight excluding hydrogens is 248 g/mol. The zero-order chi connectivity index (χ0) is 14.7. The molecule has 0 saturated heterocycles. The Kier molecular flexibility index (Phi) is 3.86. The minimum atomic E-state index is -0.242. The summed E-state index contributed by atoms with van der Waals surface area (Å²) in [5, 5.41) is 9.24. The first kappa shape index (κ1) is 13.8. The van der Waals surface area contributed by atoms with Crippen LogP contribution in [0.5, 0.6) is 0 Å². The number of nitriles is 1. The van der Waals surface area contributed by atoms with E-state index in [4.69, 9.17) is 0 Å². The Bertz CT molecular complexity index is 715. The number of nitrogens with zero attached hydrogens (tertiary/aromatic N) is 2. The van der Waals surface area contributed by atoms with Crippen molar-refractivity contribution in [1.29, 1.82) is 5.26 Å². The van der Waals surface area contributed by atoms with E-state index >= 15 is 0 Å². The predicted molar refractivity (Wildman–Crippen MR) is 79.2 cm³/mol. The van der Waals surface area contributed by atoms with Crippen LogP contribution >= 0.6 is 0 Å². The number of aromatic nitrogens is 1. The summed E-state index contributed by atoms with van der Waals surface area (Å²) in [4.78, 5) is 12.3. The highest BCUT2D eigenvalue weighted by Gasteiger charge is 2.13. The minimum absolute atomic E-state index is 0.157. The van der Waals surface area contributed by atoms with Crippen molar-refractivity contribution >= 4 is 11.9 Å². The summed E-state index contributed by atoms with van der Waals surface area (Å²) in [7, 11) is 1.97. The maximum atomic E-state index is 12.3. The Morgan fingerprint density at radius 1 is 1.25 bits per heavy atom. The van der Waals surface area contributed by atoms with Gasteiger partial charge in [0.1, 0.15) is 11.6 Å². The van der Waals surface area contributed by atoms with Gasteiger partial charge in [0.15, 0.2) is 0 Å². The lowest BCUT2D eigenvalue weighted by Gasteiger charge is -2.01. The fraction of sp³-hybridized carbons (Fsp3) is 0.176. The molecule has 0 aliphatic rings. The largest absolute Gasteiger partial charge is 0.352 e. The second-order valence-corrected chi connectivity index (χ2v) is 4.75. The first-order chi connectivity index (χ1) is 9.54. The van der Waals surface area contributed by atoms with E-state index in [1.807, 2.05) is 43.7 Å². The van der Waals surface area contributed by atoms with Crippen LogP contribution in [0, 0.1) is 25.2 Å². The summed E-state index contributed by atoms with van der Waals surface area (Å²) >= 11 is 0. The first-order valence-electron chi connectivity index (χ1n) is 6.39. The van der Waals surface area contributed by atoms with Crippen molar-refractivity contribution < 1.29 is 4.79 Å². The Morgan fingerprint density at radius 3 is 2.40 bits per heavy atom. The Labute approximate surface area is 118 Å². The summed E-state index contributed by atoms with van der Waals surface area (Å²) in [5.74, 6) is -0.242. The van der Waals surface area contributed by atoms with Crippen molar-refractivity contribution in [3.05, 3.63) is 64.5 Å². The molecule has 0 radical (unpaired) electrons. The molecule has 2 aromatic rings. The molecular formula is C17H16N2O. The smallest absolute Gasteiger partial charge is 0.203 e. The van der Waals surface area contributed by atoms with E-state index in [0.717, 1.165) is 17.0 Å². The lowest BCUT2D eigenvalue weighted by atomic mass is 10.0. The molecule has 0 fully saturated rings. The molecule has 0 aliphatic heterocycles. The molecule has 3 nitrogen and oxygen atoms in total. The van der Waals surface area contributed by atoms with Crippen LogP contribution in [0.15, 0.2) is 42.0 Å². The van der Waals surface area contributed by atoms with Gasteiger partial charge in [-0.3, -0.25) is 4.79 Å². The number of hydrogen-bond donors (Lipinski definition) is 0. The van der Waals surface area contributed by atoms with Crippen LogP contribution in [0.1, 0.15) is 27.3 Å².